The maximum atomic E-state index is 12.7. The summed E-state index contributed by atoms with van der Waals surface area (Å²) < 4.78 is 0. The van der Waals surface area contributed by atoms with Gasteiger partial charge in [-0.3, -0.25) is 9.59 Å². The Balaban J connectivity index is 1.62. The van der Waals surface area contributed by atoms with E-state index in [9.17, 15) is 9.59 Å². The average Bonchev–Trinajstić information content (AvgIpc) is 2.88. The van der Waals surface area contributed by atoms with E-state index >= 15 is 0 Å². The molecule has 0 spiro atoms. The number of carbonyl (C=O) groups is 2. The summed E-state index contributed by atoms with van der Waals surface area (Å²) in [6.45, 7) is 4.43. The van der Waals surface area contributed by atoms with Crippen molar-refractivity contribution >= 4 is 23.4 Å². The van der Waals surface area contributed by atoms with Crippen molar-refractivity contribution in [2.24, 2.45) is 0 Å². The predicted octanol–water partition coefficient (Wildman–Crippen LogP) is 3.57. The van der Waals surface area contributed by atoms with Gasteiger partial charge in [0.1, 0.15) is 0 Å². The molecule has 2 amide bonds. The lowest BCUT2D eigenvalue weighted by molar-refractivity contribution is -0.130. The minimum absolute atomic E-state index is 0.0661. The zero-order valence-corrected chi connectivity index (χ0v) is 15.7. The summed E-state index contributed by atoms with van der Waals surface area (Å²) in [5.74, 6) is 0.0474. The van der Waals surface area contributed by atoms with Crippen LogP contribution in [-0.2, 0) is 11.2 Å². The van der Waals surface area contributed by atoms with Gasteiger partial charge in [-0.15, -0.1) is 0 Å². The van der Waals surface area contributed by atoms with Crippen LogP contribution in [0.4, 0.5) is 0 Å². The third-order valence-corrected chi connectivity index (χ3v) is 5.01. The van der Waals surface area contributed by atoms with Gasteiger partial charge >= 0.3 is 0 Å². The van der Waals surface area contributed by atoms with E-state index in [0.29, 0.717) is 43.2 Å². The summed E-state index contributed by atoms with van der Waals surface area (Å²) >= 11 is 6.15. The summed E-state index contributed by atoms with van der Waals surface area (Å²) in [6, 6.07) is 15.1. The van der Waals surface area contributed by atoms with Crippen molar-refractivity contribution in [3.05, 3.63) is 70.2 Å². The Kier molecular flexibility index (Phi) is 5.94. The van der Waals surface area contributed by atoms with Gasteiger partial charge in [0.25, 0.3) is 5.91 Å². The van der Waals surface area contributed by atoms with E-state index in [1.165, 1.54) is 0 Å². The van der Waals surface area contributed by atoms with Crippen LogP contribution in [0.3, 0.4) is 0 Å². The highest BCUT2D eigenvalue weighted by Crippen LogP contribution is 2.18. The maximum Gasteiger partial charge on any atom is 0.255 e. The molecule has 0 aliphatic carbocycles. The van der Waals surface area contributed by atoms with Crippen molar-refractivity contribution in [2.75, 3.05) is 26.2 Å². The monoisotopic (exact) mass is 370 g/mol. The Morgan fingerprint density at radius 2 is 1.69 bits per heavy atom. The Hall–Kier alpha value is -2.33. The number of carbonyl (C=O) groups excluding carboxylic acids is 2. The molecule has 0 atom stereocenters. The fraction of sp³-hybridized carbons (Fsp3) is 0.333. The molecular formula is C21H23ClN2O2. The second kappa shape index (κ2) is 8.37. The predicted molar refractivity (Wildman–Crippen MR) is 103 cm³/mol. The molecule has 0 saturated carbocycles. The molecule has 0 aromatic heterocycles. The molecule has 1 heterocycles. The van der Waals surface area contributed by atoms with Crippen molar-refractivity contribution in [3.63, 3.8) is 0 Å². The largest absolute Gasteiger partial charge is 0.341 e. The maximum absolute atomic E-state index is 12.7. The first-order valence-electron chi connectivity index (χ1n) is 8.92. The summed E-state index contributed by atoms with van der Waals surface area (Å²) in [5.41, 5.74) is 2.71. The first kappa shape index (κ1) is 18.5. The number of hydrogen-bond donors (Lipinski definition) is 0. The van der Waals surface area contributed by atoms with Gasteiger partial charge < -0.3 is 9.80 Å². The average molecular weight is 371 g/mol. The Morgan fingerprint density at radius 1 is 0.962 bits per heavy atom. The van der Waals surface area contributed by atoms with Gasteiger partial charge in [0.05, 0.1) is 17.0 Å². The lowest BCUT2D eigenvalue weighted by atomic mass is 10.1. The fourth-order valence-electron chi connectivity index (χ4n) is 3.28. The number of hydrogen-bond acceptors (Lipinski definition) is 2. The van der Waals surface area contributed by atoms with Crippen molar-refractivity contribution in [1.29, 1.82) is 0 Å². The molecule has 0 bridgehead atoms. The van der Waals surface area contributed by atoms with Crippen molar-refractivity contribution in [3.8, 4) is 0 Å². The Morgan fingerprint density at radius 3 is 2.46 bits per heavy atom. The van der Waals surface area contributed by atoms with E-state index in [-0.39, 0.29) is 11.8 Å². The van der Waals surface area contributed by atoms with Crippen LogP contribution in [0.5, 0.6) is 0 Å². The molecule has 2 aromatic rings. The van der Waals surface area contributed by atoms with Gasteiger partial charge in [0, 0.05) is 26.2 Å². The lowest BCUT2D eigenvalue weighted by Gasteiger charge is -2.22. The molecule has 1 aliphatic rings. The van der Waals surface area contributed by atoms with Crippen LogP contribution in [0.25, 0.3) is 0 Å². The molecule has 1 fully saturated rings. The zero-order chi connectivity index (χ0) is 18.5. The van der Waals surface area contributed by atoms with E-state index < -0.39 is 0 Å². The number of aryl methyl sites for hydroxylation is 1. The van der Waals surface area contributed by atoms with E-state index in [0.717, 1.165) is 17.5 Å². The van der Waals surface area contributed by atoms with E-state index in [4.69, 9.17) is 11.6 Å². The number of halogens is 1. The molecule has 1 aliphatic heterocycles. The zero-order valence-electron chi connectivity index (χ0n) is 15.0. The molecule has 4 nitrogen and oxygen atoms in total. The van der Waals surface area contributed by atoms with Gasteiger partial charge in [-0.1, -0.05) is 53.6 Å². The molecule has 2 aromatic carbocycles. The fourth-order valence-corrected chi connectivity index (χ4v) is 3.50. The summed E-state index contributed by atoms with van der Waals surface area (Å²) in [4.78, 5) is 29.0. The number of nitrogens with zero attached hydrogens (tertiary/aromatic N) is 2. The minimum Gasteiger partial charge on any atom is -0.341 e. The Bertz CT molecular complexity index is 806. The van der Waals surface area contributed by atoms with Gasteiger partial charge in [-0.25, -0.2) is 0 Å². The van der Waals surface area contributed by atoms with Crippen LogP contribution in [0, 0.1) is 6.92 Å². The lowest BCUT2D eigenvalue weighted by Crippen LogP contribution is -2.38. The van der Waals surface area contributed by atoms with Crippen LogP contribution < -0.4 is 0 Å². The summed E-state index contributed by atoms with van der Waals surface area (Å²) in [6.07, 6.45) is 1.18. The highest BCUT2D eigenvalue weighted by Gasteiger charge is 2.23. The van der Waals surface area contributed by atoms with Crippen LogP contribution in [0.2, 0.25) is 5.02 Å². The van der Waals surface area contributed by atoms with Crippen LogP contribution in [-0.4, -0.2) is 47.8 Å². The second-order valence-corrected chi connectivity index (χ2v) is 7.08. The molecule has 0 radical (unpaired) electrons. The quantitative estimate of drug-likeness (QED) is 0.828. The van der Waals surface area contributed by atoms with Crippen molar-refractivity contribution in [2.45, 2.75) is 19.8 Å². The van der Waals surface area contributed by atoms with Gasteiger partial charge in [-0.05, 0) is 31.0 Å². The molecule has 1 saturated heterocycles. The van der Waals surface area contributed by atoms with Gasteiger partial charge in [0.15, 0.2) is 0 Å². The topological polar surface area (TPSA) is 40.6 Å². The smallest absolute Gasteiger partial charge is 0.255 e. The first-order chi connectivity index (χ1) is 12.5. The van der Waals surface area contributed by atoms with Crippen LogP contribution in [0.15, 0.2) is 48.5 Å². The molecular weight excluding hydrogens is 348 g/mol. The highest BCUT2D eigenvalue weighted by atomic mass is 35.5. The van der Waals surface area contributed by atoms with Gasteiger partial charge in [0.2, 0.25) is 5.91 Å². The van der Waals surface area contributed by atoms with Crippen LogP contribution >= 0.6 is 11.6 Å². The Labute approximate surface area is 159 Å². The molecule has 5 heteroatoms. The molecule has 0 unspecified atom stereocenters. The first-order valence-corrected chi connectivity index (χ1v) is 9.29. The van der Waals surface area contributed by atoms with Crippen LogP contribution in [0.1, 0.15) is 27.9 Å². The molecule has 136 valence electrons. The standard InChI is InChI=1S/C21H23ClN2O2/c1-16-6-4-7-17(14-16)15-20(25)23-10-5-11-24(13-12-23)21(26)18-8-2-3-9-19(18)22/h2-4,6-9,14H,5,10-13,15H2,1H3. The van der Waals surface area contributed by atoms with Crippen molar-refractivity contribution in [1.82, 2.24) is 9.80 Å². The van der Waals surface area contributed by atoms with E-state index in [1.807, 2.05) is 48.2 Å². The highest BCUT2D eigenvalue weighted by molar-refractivity contribution is 6.33. The number of benzene rings is 2. The number of rotatable bonds is 3. The summed E-state index contributed by atoms with van der Waals surface area (Å²) in [7, 11) is 0. The molecule has 26 heavy (non-hydrogen) atoms. The summed E-state index contributed by atoms with van der Waals surface area (Å²) in [5, 5.41) is 0.467. The van der Waals surface area contributed by atoms with Gasteiger partial charge in [-0.2, -0.15) is 0 Å². The SMILES string of the molecule is Cc1cccc(CC(=O)N2CCCN(C(=O)c3ccccc3Cl)CC2)c1. The third kappa shape index (κ3) is 4.44. The van der Waals surface area contributed by atoms with Crippen molar-refractivity contribution < 1.29 is 9.59 Å². The molecule has 0 N–H and O–H groups in total. The van der Waals surface area contributed by atoms with E-state index in [1.54, 1.807) is 17.0 Å². The minimum atomic E-state index is -0.0661. The third-order valence-electron chi connectivity index (χ3n) is 4.68. The second-order valence-electron chi connectivity index (χ2n) is 6.67. The normalized spacial score (nSPS) is 14.8. The molecule has 3 rings (SSSR count). The number of amides is 2. The van der Waals surface area contributed by atoms with E-state index in [2.05, 4.69) is 0 Å².